The molecule has 4 aromatic carbocycles. The van der Waals surface area contributed by atoms with Crippen molar-refractivity contribution >= 4 is 17.6 Å². The summed E-state index contributed by atoms with van der Waals surface area (Å²) in [5.41, 5.74) is 21.6. The summed E-state index contributed by atoms with van der Waals surface area (Å²) in [4.78, 5) is 0. The molecular formula is C56H76Cl2O2SiZr. The topological polar surface area (TPSA) is 18.5 Å². The van der Waals surface area contributed by atoms with E-state index in [4.69, 9.17) is 9.47 Å². The largest absolute Gasteiger partial charge is 1.00 e. The minimum Gasteiger partial charge on any atom is -1.00 e. The van der Waals surface area contributed by atoms with Crippen LogP contribution in [0.3, 0.4) is 0 Å². The van der Waals surface area contributed by atoms with Crippen molar-refractivity contribution in [1.29, 1.82) is 0 Å². The van der Waals surface area contributed by atoms with Crippen molar-refractivity contribution in [1.82, 2.24) is 0 Å². The molecule has 2 atom stereocenters. The van der Waals surface area contributed by atoms with Crippen LogP contribution in [0, 0.1) is 38.5 Å². The Morgan fingerprint density at radius 3 is 1.05 bits per heavy atom. The van der Waals surface area contributed by atoms with E-state index < -0.39 is 25.8 Å². The molecule has 0 bridgehead atoms. The van der Waals surface area contributed by atoms with E-state index in [2.05, 4.69) is 185 Å². The molecule has 2 aliphatic carbocycles. The Morgan fingerprint density at radius 1 is 0.500 bits per heavy atom. The third kappa shape index (κ3) is 10.7. The van der Waals surface area contributed by atoms with Gasteiger partial charge in [0.2, 0.25) is 0 Å². The molecule has 0 fully saturated rings. The third-order valence-corrected chi connectivity index (χ3v) is 31.9. The van der Waals surface area contributed by atoms with E-state index in [1.807, 2.05) is 14.2 Å². The normalized spacial score (nSPS) is 16.0. The predicted octanol–water partition coefficient (Wildman–Crippen LogP) is 10.2. The van der Waals surface area contributed by atoms with Gasteiger partial charge in [-0.1, -0.05) is 0 Å². The number of rotatable bonds is 8. The molecule has 0 radical (unpaired) electrons. The molecule has 0 spiro atoms. The van der Waals surface area contributed by atoms with Crippen molar-refractivity contribution in [3.63, 3.8) is 0 Å². The molecule has 0 saturated heterocycles. The van der Waals surface area contributed by atoms with Gasteiger partial charge in [-0.3, -0.25) is 0 Å². The Balaban J connectivity index is 0.00000422. The molecule has 4 aromatic rings. The first-order chi connectivity index (χ1) is 27.6. The second kappa shape index (κ2) is 18.9. The first-order valence-electron chi connectivity index (χ1n) is 22.4. The second-order valence-corrected chi connectivity index (χ2v) is 41.0. The van der Waals surface area contributed by atoms with Crippen LogP contribution in [0.1, 0.15) is 159 Å². The average Bonchev–Trinajstić information content (AvgIpc) is 3.59. The van der Waals surface area contributed by atoms with Gasteiger partial charge in [-0.2, -0.15) is 0 Å². The van der Waals surface area contributed by atoms with Crippen molar-refractivity contribution in [2.75, 3.05) is 14.2 Å². The molecule has 0 N–H and O–H groups in total. The molecule has 334 valence electrons. The summed E-state index contributed by atoms with van der Waals surface area (Å²) < 4.78 is 14.1. The summed E-state index contributed by atoms with van der Waals surface area (Å²) in [6.45, 7) is 43.2. The smallest absolute Gasteiger partial charge is 1.00 e. The Labute approximate surface area is 398 Å². The van der Waals surface area contributed by atoms with Crippen LogP contribution in [0.2, 0.25) is 13.1 Å². The van der Waals surface area contributed by atoms with Crippen LogP contribution in [0.25, 0.3) is 34.4 Å². The second-order valence-electron chi connectivity index (χ2n) is 23.2. The SMILES string of the molecule is COc1c(C(C)(C)C)cc2c(c1-c1cc(C)cc(C)c1)C=C(CC(C)(C)C)[CH]2[Zr+2]([CH]1C(CC(C)(C)C)=Cc2c1cc(C(C)(C)C)c(OC)c2-c1cc(C)cc(C)c1)=[Si](C)C.[Cl-].[Cl-]. The molecule has 6 rings (SSSR count). The van der Waals surface area contributed by atoms with Gasteiger partial charge in [-0.05, 0) is 0 Å². The molecule has 0 heterocycles. The zero-order valence-electron chi connectivity index (χ0n) is 41.9. The maximum Gasteiger partial charge on any atom is -1.00 e. The van der Waals surface area contributed by atoms with Crippen molar-refractivity contribution in [3.8, 4) is 33.8 Å². The van der Waals surface area contributed by atoms with Crippen LogP contribution in [0.5, 0.6) is 11.5 Å². The quantitative estimate of drug-likeness (QED) is 0.164. The summed E-state index contributed by atoms with van der Waals surface area (Å²) in [5, 5.41) is 0. The van der Waals surface area contributed by atoms with Crippen molar-refractivity contribution in [2.24, 2.45) is 10.8 Å². The van der Waals surface area contributed by atoms with Crippen LogP contribution >= 0.6 is 0 Å². The molecule has 0 aromatic heterocycles. The maximum atomic E-state index is 6.57. The summed E-state index contributed by atoms with van der Waals surface area (Å²) in [5.74, 6) is 2.09. The van der Waals surface area contributed by atoms with Gasteiger partial charge in [0.05, 0.1) is 0 Å². The van der Waals surface area contributed by atoms with E-state index in [-0.39, 0.29) is 46.5 Å². The van der Waals surface area contributed by atoms with Gasteiger partial charge in [-0.15, -0.1) is 0 Å². The zero-order chi connectivity index (χ0) is 44.6. The van der Waals surface area contributed by atoms with Crippen LogP contribution in [-0.2, 0) is 31.2 Å². The van der Waals surface area contributed by atoms with Gasteiger partial charge in [0, 0.05) is 0 Å². The van der Waals surface area contributed by atoms with Gasteiger partial charge in [0.1, 0.15) is 0 Å². The molecular weight excluding hydrogens is 895 g/mol. The Kier molecular flexibility index (Phi) is 15.9. The predicted molar refractivity (Wildman–Crippen MR) is 260 cm³/mol. The number of fused-ring (bicyclic) bond motifs is 2. The van der Waals surface area contributed by atoms with E-state index in [0.29, 0.717) is 7.25 Å². The molecule has 0 amide bonds. The van der Waals surface area contributed by atoms with Gasteiger partial charge in [-0.25, -0.2) is 0 Å². The van der Waals surface area contributed by atoms with Crippen molar-refractivity contribution in [2.45, 2.75) is 155 Å². The van der Waals surface area contributed by atoms with Crippen LogP contribution in [-0.4, -0.2) is 19.7 Å². The summed E-state index contributed by atoms with van der Waals surface area (Å²) in [6, 6.07) is 19.5. The first kappa shape index (κ1) is 52.3. The number of ether oxygens (including phenoxy) is 2. The van der Waals surface area contributed by atoms with Crippen LogP contribution in [0.15, 0.2) is 59.7 Å². The fourth-order valence-electron chi connectivity index (χ4n) is 10.5. The number of halogens is 2. The van der Waals surface area contributed by atoms with E-state index in [9.17, 15) is 0 Å². The van der Waals surface area contributed by atoms with E-state index in [1.54, 1.807) is 22.3 Å². The Bertz CT molecular complexity index is 2250. The number of hydrogen-bond donors (Lipinski definition) is 0. The van der Waals surface area contributed by atoms with E-state index in [1.165, 1.54) is 66.8 Å². The third-order valence-electron chi connectivity index (χ3n) is 12.4. The fraction of sp³-hybridized carbons (Fsp3) is 0.500. The average molecular weight is 971 g/mol. The van der Waals surface area contributed by atoms with Gasteiger partial charge in [0.25, 0.3) is 0 Å². The number of benzene rings is 4. The molecule has 62 heavy (non-hydrogen) atoms. The minimum atomic E-state index is -2.67. The van der Waals surface area contributed by atoms with Crippen molar-refractivity contribution in [3.05, 3.63) is 115 Å². The molecule has 2 unspecified atom stereocenters. The number of allylic oxidation sites excluding steroid dienone is 2. The van der Waals surface area contributed by atoms with E-state index in [0.717, 1.165) is 24.3 Å². The minimum absolute atomic E-state index is 0. The summed E-state index contributed by atoms with van der Waals surface area (Å²) >= 11 is -2.67. The molecule has 2 aliphatic rings. The van der Waals surface area contributed by atoms with Crippen LogP contribution < -0.4 is 34.3 Å². The Hall–Kier alpha value is -2.36. The monoisotopic (exact) mass is 968 g/mol. The van der Waals surface area contributed by atoms with Gasteiger partial charge < -0.3 is 24.8 Å². The summed E-state index contributed by atoms with van der Waals surface area (Å²) in [6.07, 6.45) is 7.54. The Morgan fingerprint density at radius 2 is 0.806 bits per heavy atom. The first-order valence-corrected chi connectivity index (χ1v) is 31.4. The fourth-order valence-corrected chi connectivity index (χ4v) is 30.7. The number of hydrogen-bond acceptors (Lipinski definition) is 2. The molecule has 2 nitrogen and oxygen atoms in total. The standard InChI is InChI=1S/2C27H35O.C2H6Si.2ClH.Zr/c2*1-17-10-18(2)12-21(11-17)24-22-14-19(16-26(3,4)5)13-20(22)15-23(25(24)28-9)27(6,7)8;1-3-2;;;/h2*10-15H,16H2,1-9H3;1-2H3;2*1H;/q;;;;;+2/p-2. The van der Waals surface area contributed by atoms with Crippen LogP contribution in [0.4, 0.5) is 0 Å². The molecule has 0 aliphatic heterocycles. The number of aryl methyl sites for hydroxylation is 4. The number of methoxy groups -OCH3 is 2. The van der Waals surface area contributed by atoms with E-state index >= 15 is 0 Å². The summed E-state index contributed by atoms with van der Waals surface area (Å²) in [7, 11) is 3.78. The van der Waals surface area contributed by atoms with Crippen molar-refractivity contribution < 1.29 is 54.7 Å². The maximum absolute atomic E-state index is 6.57. The van der Waals surface area contributed by atoms with Gasteiger partial charge >= 0.3 is 376 Å². The zero-order valence-corrected chi connectivity index (χ0v) is 46.9. The van der Waals surface area contributed by atoms with Gasteiger partial charge in [0.15, 0.2) is 0 Å². The molecule has 0 saturated carbocycles. The molecule has 6 heteroatoms.